The van der Waals surface area contributed by atoms with Gasteiger partial charge in [0.25, 0.3) is 0 Å². The first-order valence-electron chi connectivity index (χ1n) is 9.75. The molecule has 0 heterocycles. The van der Waals surface area contributed by atoms with Gasteiger partial charge in [-0.3, -0.25) is 0 Å². The molecule has 1 rings (SSSR count). The van der Waals surface area contributed by atoms with E-state index in [1.165, 1.54) is 32.1 Å². The molecule has 0 spiro atoms. The van der Waals surface area contributed by atoms with Gasteiger partial charge in [0.15, 0.2) is 8.45 Å². The molecule has 0 aliphatic heterocycles. The van der Waals surface area contributed by atoms with Crippen LogP contribution in [0, 0.1) is 5.92 Å². The zero-order chi connectivity index (χ0) is 17.6. The molecule has 0 amide bonds. The van der Waals surface area contributed by atoms with E-state index in [4.69, 9.17) is 4.52 Å². The van der Waals surface area contributed by atoms with Crippen LogP contribution in [0.5, 0.6) is 0 Å². The molecule has 138 valence electrons. The Morgan fingerprint density at radius 2 is 1.17 bits per heavy atom. The lowest BCUT2D eigenvalue weighted by molar-refractivity contribution is 0.179. The van der Waals surface area contributed by atoms with Gasteiger partial charge in [-0.1, -0.05) is 25.7 Å². The van der Waals surface area contributed by atoms with Crippen LogP contribution < -0.4 is 0 Å². The van der Waals surface area contributed by atoms with E-state index in [-0.39, 0.29) is 0 Å². The second-order valence-corrected chi connectivity index (χ2v) is 9.85. The molecule has 0 aromatic rings. The molecule has 0 unspecified atom stereocenters. The van der Waals surface area contributed by atoms with Crippen LogP contribution >= 0.6 is 8.45 Å². The minimum absolute atomic E-state index is 0.507. The molecule has 0 N–H and O–H groups in total. The smallest absolute Gasteiger partial charge is 0.188 e. The van der Waals surface area contributed by atoms with E-state index in [1.807, 2.05) is 0 Å². The molecular formula is C19H41N2OP. The van der Waals surface area contributed by atoms with Gasteiger partial charge in [0.1, 0.15) is 0 Å². The third-order valence-corrected chi connectivity index (χ3v) is 7.77. The van der Waals surface area contributed by atoms with Gasteiger partial charge in [0, 0.05) is 24.2 Å². The summed E-state index contributed by atoms with van der Waals surface area (Å²) in [5.41, 5.74) is 0. The maximum atomic E-state index is 6.59. The molecule has 1 saturated carbocycles. The molecule has 23 heavy (non-hydrogen) atoms. The van der Waals surface area contributed by atoms with Crippen LogP contribution in [0.4, 0.5) is 0 Å². The minimum Gasteiger partial charge on any atom is -0.331 e. The van der Waals surface area contributed by atoms with Gasteiger partial charge >= 0.3 is 0 Å². The maximum Gasteiger partial charge on any atom is 0.188 e. The molecule has 0 atom stereocenters. The van der Waals surface area contributed by atoms with E-state index in [0.29, 0.717) is 24.2 Å². The Morgan fingerprint density at radius 3 is 1.52 bits per heavy atom. The van der Waals surface area contributed by atoms with E-state index in [2.05, 4.69) is 64.7 Å². The summed E-state index contributed by atoms with van der Waals surface area (Å²) < 4.78 is 11.8. The minimum atomic E-state index is -0.699. The van der Waals surface area contributed by atoms with Crippen molar-refractivity contribution in [2.75, 3.05) is 6.61 Å². The molecule has 1 fully saturated rings. The van der Waals surface area contributed by atoms with Crippen molar-refractivity contribution in [3.63, 3.8) is 0 Å². The van der Waals surface area contributed by atoms with Crippen molar-refractivity contribution < 1.29 is 4.52 Å². The third-order valence-electron chi connectivity index (χ3n) is 4.72. The number of hydrogen-bond acceptors (Lipinski definition) is 3. The number of hydrogen-bond donors (Lipinski definition) is 0. The van der Waals surface area contributed by atoms with Crippen molar-refractivity contribution in [2.24, 2.45) is 5.92 Å². The fourth-order valence-electron chi connectivity index (χ4n) is 3.84. The lowest BCUT2D eigenvalue weighted by Gasteiger charge is -2.45. The second kappa shape index (κ2) is 10.3. The Bertz CT molecular complexity index is 278. The van der Waals surface area contributed by atoms with Crippen molar-refractivity contribution in [1.29, 1.82) is 0 Å². The first kappa shape index (κ1) is 21.4. The van der Waals surface area contributed by atoms with Gasteiger partial charge in [0.2, 0.25) is 0 Å². The van der Waals surface area contributed by atoms with E-state index in [1.54, 1.807) is 0 Å². The lowest BCUT2D eigenvalue weighted by atomic mass is 10.1. The highest BCUT2D eigenvalue weighted by Gasteiger charge is 2.34. The highest BCUT2D eigenvalue weighted by molar-refractivity contribution is 7.47. The summed E-state index contributed by atoms with van der Waals surface area (Å²) in [7, 11) is -0.699. The van der Waals surface area contributed by atoms with Crippen molar-refractivity contribution in [2.45, 2.75) is 112 Å². The van der Waals surface area contributed by atoms with E-state index in [9.17, 15) is 0 Å². The van der Waals surface area contributed by atoms with Crippen LogP contribution in [0.25, 0.3) is 0 Å². The quantitative estimate of drug-likeness (QED) is 0.449. The van der Waals surface area contributed by atoms with Gasteiger partial charge in [-0.15, -0.1) is 0 Å². The van der Waals surface area contributed by atoms with Crippen LogP contribution in [0.15, 0.2) is 0 Å². The summed E-state index contributed by atoms with van der Waals surface area (Å²) in [5, 5.41) is 0. The van der Waals surface area contributed by atoms with Crippen LogP contribution in [0.1, 0.15) is 87.5 Å². The molecule has 1 aliphatic carbocycles. The zero-order valence-corrected chi connectivity index (χ0v) is 17.8. The average molecular weight is 345 g/mol. The summed E-state index contributed by atoms with van der Waals surface area (Å²) in [5.74, 6) is 0.907. The Balaban J connectivity index is 2.80. The fraction of sp³-hybridized carbons (Fsp3) is 1.00. The van der Waals surface area contributed by atoms with Crippen LogP contribution in [0.3, 0.4) is 0 Å². The van der Waals surface area contributed by atoms with Crippen molar-refractivity contribution in [3.05, 3.63) is 0 Å². The average Bonchev–Trinajstić information content (AvgIpc) is 2.89. The first-order valence-corrected chi connectivity index (χ1v) is 10.9. The molecule has 0 bridgehead atoms. The molecule has 4 heteroatoms. The summed E-state index contributed by atoms with van der Waals surface area (Å²) in [6, 6.07) is 2.03. The summed E-state index contributed by atoms with van der Waals surface area (Å²) in [6.07, 6.45) is 6.92. The largest absolute Gasteiger partial charge is 0.331 e. The van der Waals surface area contributed by atoms with Crippen LogP contribution in [-0.2, 0) is 4.52 Å². The number of nitrogens with zero attached hydrogens (tertiary/aromatic N) is 2. The predicted octanol–water partition coefficient (Wildman–Crippen LogP) is 6.05. The van der Waals surface area contributed by atoms with E-state index in [0.717, 1.165) is 12.5 Å². The molecule has 0 aromatic heterocycles. The topological polar surface area (TPSA) is 15.7 Å². The Hall–Kier alpha value is 0.310. The van der Waals surface area contributed by atoms with E-state index < -0.39 is 8.45 Å². The van der Waals surface area contributed by atoms with Crippen LogP contribution in [0.2, 0.25) is 0 Å². The third kappa shape index (κ3) is 6.61. The maximum absolute atomic E-state index is 6.59. The standard InChI is InChI=1S/C19H41N2OP/c1-15(2)20(16(3)4)23(21(17(5)6)18(7)8)22-14-13-19-11-9-10-12-19/h15-19H,9-14H2,1-8H3. The second-order valence-electron chi connectivity index (χ2n) is 8.16. The van der Waals surface area contributed by atoms with Crippen molar-refractivity contribution in [3.8, 4) is 0 Å². The van der Waals surface area contributed by atoms with Gasteiger partial charge in [-0.05, 0) is 67.7 Å². The summed E-state index contributed by atoms with van der Waals surface area (Å²) >= 11 is 0. The number of rotatable bonds is 10. The molecule has 0 aromatic carbocycles. The normalized spacial score (nSPS) is 17.3. The summed E-state index contributed by atoms with van der Waals surface area (Å²) in [4.78, 5) is 0. The van der Waals surface area contributed by atoms with E-state index >= 15 is 0 Å². The Kier molecular flexibility index (Phi) is 9.59. The highest BCUT2D eigenvalue weighted by atomic mass is 31.2. The molecule has 0 saturated heterocycles. The van der Waals surface area contributed by atoms with Gasteiger partial charge in [-0.25, -0.2) is 9.34 Å². The highest BCUT2D eigenvalue weighted by Crippen LogP contribution is 2.51. The lowest BCUT2D eigenvalue weighted by Crippen LogP contribution is -2.43. The zero-order valence-electron chi connectivity index (χ0n) is 16.9. The Morgan fingerprint density at radius 1 is 0.783 bits per heavy atom. The van der Waals surface area contributed by atoms with Crippen molar-refractivity contribution in [1.82, 2.24) is 9.34 Å². The monoisotopic (exact) mass is 344 g/mol. The Labute approximate surface area is 147 Å². The van der Waals surface area contributed by atoms with Gasteiger partial charge in [-0.2, -0.15) is 0 Å². The first-order chi connectivity index (χ1) is 10.8. The predicted molar refractivity (Wildman–Crippen MR) is 104 cm³/mol. The summed E-state index contributed by atoms with van der Waals surface area (Å²) in [6.45, 7) is 19.3. The van der Waals surface area contributed by atoms with Gasteiger partial charge in [0.05, 0.1) is 6.61 Å². The van der Waals surface area contributed by atoms with Crippen molar-refractivity contribution >= 4 is 8.45 Å². The molecule has 1 aliphatic rings. The fourth-order valence-corrected chi connectivity index (χ4v) is 6.19. The SMILES string of the molecule is CC(C)N(C(C)C)P(OCCC1CCCC1)N(C(C)C)C(C)C. The van der Waals surface area contributed by atoms with Gasteiger partial charge < -0.3 is 4.52 Å². The van der Waals surface area contributed by atoms with Crippen LogP contribution in [-0.4, -0.2) is 40.1 Å². The molecule has 3 nitrogen and oxygen atoms in total. The molecule has 0 radical (unpaired) electrons. The molecular weight excluding hydrogens is 303 g/mol.